The second-order valence-corrected chi connectivity index (χ2v) is 8.43. The monoisotopic (exact) mass is 403 g/mol. The summed E-state index contributed by atoms with van der Waals surface area (Å²) in [5.41, 5.74) is 1.95. The summed E-state index contributed by atoms with van der Waals surface area (Å²) in [5.74, 6) is 0.495. The zero-order valence-electron chi connectivity index (χ0n) is 17.3. The molecule has 0 spiro atoms. The Bertz CT molecular complexity index is 1100. The van der Waals surface area contributed by atoms with Crippen molar-refractivity contribution in [3.63, 3.8) is 0 Å². The first-order chi connectivity index (χ1) is 14.4. The van der Waals surface area contributed by atoms with Gasteiger partial charge in [-0.3, -0.25) is 9.59 Å². The predicted molar refractivity (Wildman–Crippen MR) is 114 cm³/mol. The average molecular weight is 403 g/mol. The molecule has 1 amide bonds. The number of aromatic amines is 1. The van der Waals surface area contributed by atoms with Crippen molar-refractivity contribution in [2.75, 3.05) is 0 Å². The summed E-state index contributed by atoms with van der Waals surface area (Å²) in [6.07, 6.45) is 5.19. The average Bonchev–Trinajstić information content (AvgIpc) is 3.50. The lowest BCUT2D eigenvalue weighted by atomic mass is 9.90. The molecular weight excluding hydrogens is 378 g/mol. The molecule has 1 fully saturated rings. The Balaban J connectivity index is 1.62. The minimum Gasteiger partial charge on any atom is -0.343 e. The summed E-state index contributed by atoms with van der Waals surface area (Å²) in [6, 6.07) is 11.1. The van der Waals surface area contributed by atoms with E-state index in [2.05, 4.69) is 70.3 Å². The van der Waals surface area contributed by atoms with Crippen LogP contribution in [0.1, 0.15) is 67.2 Å². The Morgan fingerprint density at radius 3 is 2.33 bits per heavy atom. The molecule has 2 N–H and O–H groups in total. The van der Waals surface area contributed by atoms with E-state index in [1.165, 1.54) is 11.6 Å². The van der Waals surface area contributed by atoms with E-state index in [-0.39, 0.29) is 34.7 Å². The molecule has 0 radical (unpaired) electrons. The fourth-order valence-electron chi connectivity index (χ4n) is 3.53. The van der Waals surface area contributed by atoms with E-state index in [0.29, 0.717) is 5.92 Å². The van der Waals surface area contributed by atoms with Gasteiger partial charge in [-0.05, 0) is 41.4 Å². The SMILES string of the molecule is CC(C)c1ccc(C(NC(=O)c2cc(=O)[nH]c(-c3ncccn3)n2)C2(C)CC2)cc1. The largest absolute Gasteiger partial charge is 0.343 e. The highest BCUT2D eigenvalue weighted by Crippen LogP contribution is 2.54. The minimum absolute atomic E-state index is 0.00157. The van der Waals surface area contributed by atoms with Gasteiger partial charge in [-0.2, -0.15) is 0 Å². The zero-order chi connectivity index (χ0) is 21.3. The van der Waals surface area contributed by atoms with Crippen molar-refractivity contribution >= 4 is 5.91 Å². The molecule has 4 rings (SSSR count). The number of nitrogens with zero attached hydrogens (tertiary/aromatic N) is 3. The van der Waals surface area contributed by atoms with Crippen LogP contribution in [0.4, 0.5) is 0 Å². The fraction of sp³-hybridized carbons (Fsp3) is 0.348. The Morgan fingerprint density at radius 1 is 1.10 bits per heavy atom. The molecule has 1 saturated carbocycles. The van der Waals surface area contributed by atoms with Gasteiger partial charge < -0.3 is 10.3 Å². The molecule has 1 aliphatic carbocycles. The van der Waals surface area contributed by atoms with Gasteiger partial charge in [-0.25, -0.2) is 15.0 Å². The Morgan fingerprint density at radius 2 is 1.73 bits per heavy atom. The maximum atomic E-state index is 13.0. The highest BCUT2D eigenvalue weighted by Gasteiger charge is 2.46. The molecule has 1 atom stereocenters. The summed E-state index contributed by atoms with van der Waals surface area (Å²) in [5, 5.41) is 3.11. The second-order valence-electron chi connectivity index (χ2n) is 8.43. The zero-order valence-corrected chi connectivity index (χ0v) is 17.3. The maximum absolute atomic E-state index is 13.0. The molecule has 0 saturated heterocycles. The van der Waals surface area contributed by atoms with Gasteiger partial charge in [0.25, 0.3) is 11.5 Å². The van der Waals surface area contributed by atoms with Gasteiger partial charge in [0.1, 0.15) is 5.69 Å². The topological polar surface area (TPSA) is 101 Å². The number of rotatable bonds is 6. The smallest absolute Gasteiger partial charge is 0.270 e. The Labute approximate surface area is 175 Å². The van der Waals surface area contributed by atoms with Gasteiger partial charge in [-0.15, -0.1) is 0 Å². The predicted octanol–water partition coefficient (Wildman–Crippen LogP) is 3.62. The van der Waals surface area contributed by atoms with E-state index >= 15 is 0 Å². The lowest BCUT2D eigenvalue weighted by molar-refractivity contribution is 0.0913. The summed E-state index contributed by atoms with van der Waals surface area (Å²) < 4.78 is 0. The van der Waals surface area contributed by atoms with Crippen LogP contribution in [-0.4, -0.2) is 25.8 Å². The van der Waals surface area contributed by atoms with Crippen molar-refractivity contribution in [3.05, 3.63) is 76.0 Å². The van der Waals surface area contributed by atoms with E-state index in [4.69, 9.17) is 0 Å². The molecule has 2 aromatic heterocycles. The van der Waals surface area contributed by atoms with E-state index < -0.39 is 5.56 Å². The summed E-state index contributed by atoms with van der Waals surface area (Å²) in [6.45, 7) is 6.48. The molecule has 154 valence electrons. The van der Waals surface area contributed by atoms with Gasteiger partial charge in [0.05, 0.1) is 6.04 Å². The number of aromatic nitrogens is 4. The number of amides is 1. The van der Waals surface area contributed by atoms with Crippen molar-refractivity contribution in [2.24, 2.45) is 5.41 Å². The molecule has 7 nitrogen and oxygen atoms in total. The number of hydrogen-bond donors (Lipinski definition) is 2. The van der Waals surface area contributed by atoms with Gasteiger partial charge in [0, 0.05) is 18.5 Å². The molecular formula is C23H25N5O2. The fourth-order valence-corrected chi connectivity index (χ4v) is 3.53. The molecule has 0 bridgehead atoms. The molecule has 30 heavy (non-hydrogen) atoms. The molecule has 3 aromatic rings. The summed E-state index contributed by atoms with van der Waals surface area (Å²) in [7, 11) is 0. The lowest BCUT2D eigenvalue weighted by Crippen LogP contribution is -2.34. The number of hydrogen-bond acceptors (Lipinski definition) is 5. The third-order valence-corrected chi connectivity index (χ3v) is 5.70. The third-order valence-electron chi connectivity index (χ3n) is 5.70. The van der Waals surface area contributed by atoms with Gasteiger partial charge in [0.15, 0.2) is 11.6 Å². The van der Waals surface area contributed by atoms with Crippen LogP contribution in [0.15, 0.2) is 53.6 Å². The molecule has 1 aromatic carbocycles. The lowest BCUT2D eigenvalue weighted by Gasteiger charge is -2.26. The molecule has 0 aliphatic heterocycles. The molecule has 2 heterocycles. The van der Waals surface area contributed by atoms with Crippen molar-refractivity contribution in [1.82, 2.24) is 25.3 Å². The van der Waals surface area contributed by atoms with Crippen LogP contribution in [0.3, 0.4) is 0 Å². The van der Waals surface area contributed by atoms with Crippen LogP contribution in [0.2, 0.25) is 0 Å². The summed E-state index contributed by atoms with van der Waals surface area (Å²) in [4.78, 5) is 40.3. The highest BCUT2D eigenvalue weighted by atomic mass is 16.2. The number of H-pyrrole nitrogens is 1. The van der Waals surface area contributed by atoms with Crippen LogP contribution < -0.4 is 10.9 Å². The second kappa shape index (κ2) is 7.82. The van der Waals surface area contributed by atoms with Crippen molar-refractivity contribution in [2.45, 2.75) is 45.6 Å². The third kappa shape index (κ3) is 4.15. The van der Waals surface area contributed by atoms with Crippen LogP contribution in [0, 0.1) is 5.41 Å². The van der Waals surface area contributed by atoms with E-state index in [9.17, 15) is 9.59 Å². The van der Waals surface area contributed by atoms with Gasteiger partial charge in [-0.1, -0.05) is 45.0 Å². The first-order valence-electron chi connectivity index (χ1n) is 10.2. The van der Waals surface area contributed by atoms with Crippen molar-refractivity contribution in [1.29, 1.82) is 0 Å². The normalized spacial score (nSPS) is 15.6. The van der Waals surface area contributed by atoms with Gasteiger partial charge >= 0.3 is 0 Å². The van der Waals surface area contributed by atoms with Crippen molar-refractivity contribution in [3.8, 4) is 11.6 Å². The molecule has 1 unspecified atom stereocenters. The number of nitrogens with one attached hydrogen (secondary N) is 2. The van der Waals surface area contributed by atoms with Crippen LogP contribution in [-0.2, 0) is 0 Å². The standard InChI is InChI=1S/C23H25N5O2/c1-14(2)15-5-7-16(8-6-15)19(23(3)9-10-23)28-22(30)17-13-18(29)27-21(26-17)20-24-11-4-12-25-20/h4-8,11-14,19H,9-10H2,1-3H3,(H,28,30)(H,26,27,29). The van der Waals surface area contributed by atoms with Crippen LogP contribution in [0.25, 0.3) is 11.6 Å². The number of benzene rings is 1. The first kappa shape index (κ1) is 19.9. The van der Waals surface area contributed by atoms with Gasteiger partial charge in [0.2, 0.25) is 0 Å². The molecule has 1 aliphatic rings. The summed E-state index contributed by atoms with van der Waals surface area (Å²) >= 11 is 0. The van der Waals surface area contributed by atoms with E-state index in [1.54, 1.807) is 18.5 Å². The first-order valence-corrected chi connectivity index (χ1v) is 10.2. The van der Waals surface area contributed by atoms with Crippen LogP contribution >= 0.6 is 0 Å². The number of carbonyl (C=O) groups is 1. The highest BCUT2D eigenvalue weighted by molar-refractivity contribution is 5.92. The minimum atomic E-state index is -0.423. The Hall–Kier alpha value is -3.35. The Kier molecular flexibility index (Phi) is 5.20. The number of carbonyl (C=O) groups excluding carboxylic acids is 1. The van der Waals surface area contributed by atoms with E-state index in [1.807, 2.05) is 0 Å². The maximum Gasteiger partial charge on any atom is 0.270 e. The van der Waals surface area contributed by atoms with Crippen LogP contribution in [0.5, 0.6) is 0 Å². The van der Waals surface area contributed by atoms with Crippen molar-refractivity contribution < 1.29 is 4.79 Å². The quantitative estimate of drug-likeness (QED) is 0.655. The molecule has 7 heteroatoms. The van der Waals surface area contributed by atoms with E-state index in [0.717, 1.165) is 18.4 Å².